The van der Waals surface area contributed by atoms with E-state index in [-0.39, 0.29) is 17.5 Å². The molecule has 2 aromatic rings. The maximum absolute atomic E-state index is 13.9. The Morgan fingerprint density at radius 3 is 2.38 bits per heavy atom. The smallest absolute Gasteiger partial charge is 0.162 e. The van der Waals surface area contributed by atoms with Crippen LogP contribution in [0.4, 0.5) is 17.6 Å². The maximum Gasteiger partial charge on any atom is 0.162 e. The van der Waals surface area contributed by atoms with Gasteiger partial charge in [-0.15, -0.1) is 0 Å². The molecule has 0 aliphatic rings. The van der Waals surface area contributed by atoms with Crippen LogP contribution in [0.5, 0.6) is 0 Å². The number of halogens is 4. The number of rotatable bonds is 4. The Kier molecular flexibility index (Phi) is 4.63. The van der Waals surface area contributed by atoms with Gasteiger partial charge >= 0.3 is 0 Å². The lowest BCUT2D eigenvalue weighted by atomic mass is 9.96. The van der Waals surface area contributed by atoms with E-state index in [0.29, 0.717) is 5.56 Å². The molecule has 1 atom stereocenters. The monoisotopic (exact) mass is 297 g/mol. The molecule has 0 bridgehead atoms. The standard InChI is InChI=1S/C16H15F4N/c1-9-6-11(14(19)8-13(9)18)15(21-2)7-10-4-3-5-12(17)16(10)20/h3-6,8,15,21H,7H2,1-2H3. The molecule has 0 saturated heterocycles. The first kappa shape index (κ1) is 15.5. The van der Waals surface area contributed by atoms with Gasteiger partial charge in [0.1, 0.15) is 11.6 Å². The highest BCUT2D eigenvalue weighted by Gasteiger charge is 2.19. The predicted octanol–water partition coefficient (Wildman–Crippen LogP) is 4.05. The van der Waals surface area contributed by atoms with Crippen molar-refractivity contribution in [3.63, 3.8) is 0 Å². The molecular formula is C16H15F4N. The van der Waals surface area contributed by atoms with E-state index in [1.807, 2.05) is 0 Å². The number of hydrogen-bond donors (Lipinski definition) is 1. The molecule has 0 radical (unpaired) electrons. The van der Waals surface area contributed by atoms with Crippen LogP contribution >= 0.6 is 0 Å². The van der Waals surface area contributed by atoms with Gasteiger partial charge in [-0.3, -0.25) is 0 Å². The van der Waals surface area contributed by atoms with Crippen molar-refractivity contribution in [3.05, 3.63) is 70.3 Å². The molecule has 21 heavy (non-hydrogen) atoms. The molecule has 2 aromatic carbocycles. The van der Waals surface area contributed by atoms with Crippen LogP contribution in [-0.2, 0) is 6.42 Å². The van der Waals surface area contributed by atoms with Crippen molar-refractivity contribution in [1.29, 1.82) is 0 Å². The third kappa shape index (κ3) is 3.24. The van der Waals surface area contributed by atoms with Gasteiger partial charge in [-0.2, -0.15) is 0 Å². The second kappa shape index (κ2) is 6.26. The SMILES string of the molecule is CNC(Cc1cccc(F)c1F)c1cc(C)c(F)cc1F. The zero-order valence-electron chi connectivity index (χ0n) is 11.7. The normalized spacial score (nSPS) is 12.5. The molecule has 0 aliphatic carbocycles. The molecule has 0 aromatic heterocycles. The van der Waals surface area contributed by atoms with Gasteiger partial charge in [0.15, 0.2) is 11.6 Å². The van der Waals surface area contributed by atoms with E-state index in [1.54, 1.807) is 7.05 Å². The van der Waals surface area contributed by atoms with Gasteiger partial charge in [-0.1, -0.05) is 12.1 Å². The van der Waals surface area contributed by atoms with Crippen LogP contribution in [0.15, 0.2) is 30.3 Å². The van der Waals surface area contributed by atoms with Gasteiger partial charge < -0.3 is 5.32 Å². The molecule has 0 amide bonds. The van der Waals surface area contributed by atoms with Gasteiger partial charge in [0, 0.05) is 17.7 Å². The van der Waals surface area contributed by atoms with E-state index in [2.05, 4.69) is 5.32 Å². The zero-order chi connectivity index (χ0) is 15.6. The first-order valence-electron chi connectivity index (χ1n) is 6.49. The summed E-state index contributed by atoms with van der Waals surface area (Å²) >= 11 is 0. The largest absolute Gasteiger partial charge is 0.313 e. The summed E-state index contributed by atoms with van der Waals surface area (Å²) < 4.78 is 54.1. The number of aryl methyl sites for hydroxylation is 1. The number of benzene rings is 2. The Labute approximate surface area is 120 Å². The van der Waals surface area contributed by atoms with Crippen LogP contribution < -0.4 is 5.32 Å². The van der Waals surface area contributed by atoms with Crippen LogP contribution in [0.2, 0.25) is 0 Å². The molecular weight excluding hydrogens is 282 g/mol. The molecule has 0 aliphatic heterocycles. The maximum atomic E-state index is 13.9. The van der Waals surface area contributed by atoms with Gasteiger partial charge in [-0.05, 0) is 43.7 Å². The predicted molar refractivity (Wildman–Crippen MR) is 73.0 cm³/mol. The van der Waals surface area contributed by atoms with Crippen molar-refractivity contribution >= 4 is 0 Å². The average molecular weight is 297 g/mol. The summed E-state index contributed by atoms with van der Waals surface area (Å²) in [4.78, 5) is 0. The average Bonchev–Trinajstić information content (AvgIpc) is 2.45. The van der Waals surface area contributed by atoms with Crippen molar-refractivity contribution in [2.45, 2.75) is 19.4 Å². The van der Waals surface area contributed by atoms with Crippen LogP contribution in [-0.4, -0.2) is 7.05 Å². The first-order chi connectivity index (χ1) is 9.93. The molecule has 1 N–H and O–H groups in total. The van der Waals surface area contributed by atoms with Gasteiger partial charge in [0.2, 0.25) is 0 Å². The summed E-state index contributed by atoms with van der Waals surface area (Å²) in [5, 5.41) is 2.85. The minimum atomic E-state index is -0.947. The molecule has 1 unspecified atom stereocenters. The third-order valence-electron chi connectivity index (χ3n) is 3.46. The lowest BCUT2D eigenvalue weighted by Crippen LogP contribution is -2.21. The van der Waals surface area contributed by atoms with Gasteiger partial charge in [0.05, 0.1) is 0 Å². The fraction of sp³-hybridized carbons (Fsp3) is 0.250. The zero-order valence-corrected chi connectivity index (χ0v) is 11.7. The Morgan fingerprint density at radius 1 is 1.00 bits per heavy atom. The summed E-state index contributed by atoms with van der Waals surface area (Å²) in [6.07, 6.45) is 0.0576. The Hall–Kier alpha value is -1.88. The van der Waals surface area contributed by atoms with E-state index in [4.69, 9.17) is 0 Å². The number of likely N-dealkylation sites (N-methyl/N-ethyl adjacent to an activating group) is 1. The van der Waals surface area contributed by atoms with Crippen LogP contribution in [0.3, 0.4) is 0 Å². The topological polar surface area (TPSA) is 12.0 Å². The highest BCUT2D eigenvalue weighted by atomic mass is 19.2. The summed E-state index contributed by atoms with van der Waals surface area (Å²) in [5.74, 6) is -3.24. The van der Waals surface area contributed by atoms with Crippen molar-refractivity contribution in [2.24, 2.45) is 0 Å². The lowest BCUT2D eigenvalue weighted by molar-refractivity contribution is 0.478. The van der Waals surface area contributed by atoms with E-state index < -0.39 is 29.3 Å². The highest BCUT2D eigenvalue weighted by Crippen LogP contribution is 2.25. The second-order valence-corrected chi connectivity index (χ2v) is 4.88. The van der Waals surface area contributed by atoms with Gasteiger partial charge in [0.25, 0.3) is 0 Å². The summed E-state index contributed by atoms with van der Waals surface area (Å²) in [6, 6.07) is 5.46. The number of nitrogens with one attached hydrogen (secondary N) is 1. The van der Waals surface area contributed by atoms with E-state index in [1.165, 1.54) is 25.1 Å². The molecule has 5 heteroatoms. The second-order valence-electron chi connectivity index (χ2n) is 4.88. The molecule has 0 saturated carbocycles. The molecule has 112 valence electrons. The molecule has 2 rings (SSSR count). The fourth-order valence-electron chi connectivity index (χ4n) is 2.24. The van der Waals surface area contributed by atoms with Crippen LogP contribution in [0.1, 0.15) is 22.7 Å². The van der Waals surface area contributed by atoms with Crippen molar-refractivity contribution < 1.29 is 17.6 Å². The molecule has 0 fully saturated rings. The molecule has 0 heterocycles. The minimum absolute atomic E-state index is 0.0576. The Morgan fingerprint density at radius 2 is 1.71 bits per heavy atom. The molecule has 0 spiro atoms. The Bertz CT molecular complexity index is 655. The van der Waals surface area contributed by atoms with Crippen LogP contribution in [0.25, 0.3) is 0 Å². The fourth-order valence-corrected chi connectivity index (χ4v) is 2.24. The third-order valence-corrected chi connectivity index (χ3v) is 3.46. The number of hydrogen-bond acceptors (Lipinski definition) is 1. The highest BCUT2D eigenvalue weighted by molar-refractivity contribution is 5.30. The summed E-state index contributed by atoms with van der Waals surface area (Å²) in [5.41, 5.74) is 0.655. The quantitative estimate of drug-likeness (QED) is 0.839. The minimum Gasteiger partial charge on any atom is -0.313 e. The van der Waals surface area contributed by atoms with Crippen molar-refractivity contribution in [3.8, 4) is 0 Å². The van der Waals surface area contributed by atoms with E-state index >= 15 is 0 Å². The summed E-state index contributed by atoms with van der Waals surface area (Å²) in [6.45, 7) is 1.52. The van der Waals surface area contributed by atoms with E-state index in [0.717, 1.165) is 12.1 Å². The summed E-state index contributed by atoms with van der Waals surface area (Å²) in [7, 11) is 1.58. The first-order valence-corrected chi connectivity index (χ1v) is 6.49. The van der Waals surface area contributed by atoms with Crippen LogP contribution in [0, 0.1) is 30.2 Å². The van der Waals surface area contributed by atoms with Gasteiger partial charge in [-0.25, -0.2) is 17.6 Å². The van der Waals surface area contributed by atoms with Crippen molar-refractivity contribution in [1.82, 2.24) is 5.32 Å². The lowest BCUT2D eigenvalue weighted by Gasteiger charge is -2.19. The van der Waals surface area contributed by atoms with E-state index in [9.17, 15) is 17.6 Å². The Balaban J connectivity index is 2.37. The van der Waals surface area contributed by atoms with Crippen molar-refractivity contribution in [2.75, 3.05) is 7.05 Å². The molecule has 1 nitrogen and oxygen atoms in total.